The normalized spacial score (nSPS) is 20.8. The fourth-order valence-corrected chi connectivity index (χ4v) is 5.13. The summed E-state index contributed by atoms with van der Waals surface area (Å²) in [4.78, 5) is 1.95. The van der Waals surface area contributed by atoms with Crippen LogP contribution in [0.2, 0.25) is 5.02 Å². The number of nitrogens with zero attached hydrogens (tertiary/aromatic N) is 2. The third kappa shape index (κ3) is 2.54. The van der Waals surface area contributed by atoms with Gasteiger partial charge in [-0.3, -0.25) is 0 Å². The molecule has 0 saturated carbocycles. The fourth-order valence-electron chi connectivity index (χ4n) is 3.07. The summed E-state index contributed by atoms with van der Waals surface area (Å²) in [5.74, 6) is 0. The molecule has 2 aliphatic heterocycles. The van der Waals surface area contributed by atoms with Gasteiger partial charge >= 0.3 is 0 Å². The lowest BCUT2D eigenvalue weighted by atomic mass is 10.2. The number of fused-ring (bicyclic) bond motifs is 1. The molecule has 7 heteroatoms. The Hall–Kier alpha value is -0.820. The van der Waals surface area contributed by atoms with Gasteiger partial charge in [0, 0.05) is 25.3 Å². The van der Waals surface area contributed by atoms with Crippen molar-refractivity contribution in [1.82, 2.24) is 4.31 Å². The van der Waals surface area contributed by atoms with Crippen LogP contribution in [-0.2, 0) is 16.4 Å². The summed E-state index contributed by atoms with van der Waals surface area (Å²) in [6.07, 6.45) is 1.91. The lowest BCUT2D eigenvalue weighted by Gasteiger charge is -2.24. The van der Waals surface area contributed by atoms with Gasteiger partial charge in [-0.2, -0.15) is 4.31 Å². The predicted molar refractivity (Wildman–Crippen MR) is 82.2 cm³/mol. The van der Waals surface area contributed by atoms with Gasteiger partial charge in [-0.1, -0.05) is 11.6 Å². The second kappa shape index (κ2) is 5.43. The van der Waals surface area contributed by atoms with Crippen LogP contribution in [0.25, 0.3) is 0 Å². The molecule has 0 spiro atoms. The summed E-state index contributed by atoms with van der Waals surface area (Å²) in [6.45, 7) is 3.46. The van der Waals surface area contributed by atoms with E-state index in [1.165, 1.54) is 4.31 Å². The smallest absolute Gasteiger partial charge is 0.244 e. The van der Waals surface area contributed by atoms with Crippen LogP contribution >= 0.6 is 11.6 Å². The molecule has 0 radical (unpaired) electrons. The molecule has 2 heterocycles. The fraction of sp³-hybridized carbons (Fsp3) is 0.571. The Bertz CT molecular complexity index is 654. The molecule has 0 aromatic heterocycles. The van der Waals surface area contributed by atoms with E-state index in [0.29, 0.717) is 19.6 Å². The van der Waals surface area contributed by atoms with Gasteiger partial charge in [0.05, 0.1) is 5.02 Å². The monoisotopic (exact) mass is 330 g/mol. The van der Waals surface area contributed by atoms with Crippen LogP contribution in [0.5, 0.6) is 0 Å². The van der Waals surface area contributed by atoms with Gasteiger partial charge in [-0.15, -0.1) is 0 Å². The quantitative estimate of drug-likeness (QED) is 0.918. The van der Waals surface area contributed by atoms with Gasteiger partial charge < -0.3 is 10.0 Å². The molecule has 5 nitrogen and oxygen atoms in total. The standard InChI is InChI=1S/C14H19ClN2O3S/c1-10(18)17-7-4-11-8-12(15)14(9-13(11)17)21(19,20)16-5-2-3-6-16/h8-10,18H,2-7H2,1H3. The van der Waals surface area contributed by atoms with Gasteiger partial charge in [0.1, 0.15) is 11.1 Å². The number of aliphatic hydroxyl groups excluding tert-OH is 1. The highest BCUT2D eigenvalue weighted by Gasteiger charge is 2.32. The number of rotatable bonds is 3. The average Bonchev–Trinajstić information content (AvgIpc) is 3.06. The first-order valence-corrected chi connectivity index (χ1v) is 9.00. The number of sulfonamides is 1. The van der Waals surface area contributed by atoms with E-state index in [1.807, 2.05) is 0 Å². The molecule has 1 unspecified atom stereocenters. The molecular weight excluding hydrogens is 312 g/mol. The van der Waals surface area contributed by atoms with Gasteiger partial charge in [0.15, 0.2) is 0 Å². The maximum atomic E-state index is 12.7. The van der Waals surface area contributed by atoms with E-state index < -0.39 is 16.3 Å². The van der Waals surface area contributed by atoms with Gasteiger partial charge in [-0.05, 0) is 43.9 Å². The molecule has 1 saturated heterocycles. The molecule has 1 N–H and O–H groups in total. The number of halogens is 1. The third-order valence-electron chi connectivity index (χ3n) is 4.20. The Morgan fingerprint density at radius 3 is 2.52 bits per heavy atom. The summed E-state index contributed by atoms with van der Waals surface area (Å²) in [5.41, 5.74) is 1.76. The highest BCUT2D eigenvalue weighted by atomic mass is 35.5. The van der Waals surface area contributed by atoms with Crippen LogP contribution in [0.4, 0.5) is 5.69 Å². The van der Waals surface area contributed by atoms with E-state index in [0.717, 1.165) is 30.5 Å². The van der Waals surface area contributed by atoms with Crippen molar-refractivity contribution in [1.29, 1.82) is 0 Å². The van der Waals surface area contributed by atoms with E-state index >= 15 is 0 Å². The minimum absolute atomic E-state index is 0.150. The molecule has 0 aliphatic carbocycles. The zero-order valence-corrected chi connectivity index (χ0v) is 13.5. The van der Waals surface area contributed by atoms with Crippen molar-refractivity contribution < 1.29 is 13.5 Å². The minimum Gasteiger partial charge on any atom is -0.374 e. The van der Waals surface area contributed by atoms with E-state index in [1.54, 1.807) is 24.0 Å². The lowest BCUT2D eigenvalue weighted by molar-refractivity contribution is 0.191. The maximum absolute atomic E-state index is 12.7. The summed E-state index contributed by atoms with van der Waals surface area (Å²) in [6, 6.07) is 3.34. The predicted octanol–water partition coefficient (Wildman–Crippen LogP) is 1.83. The van der Waals surface area contributed by atoms with Crippen molar-refractivity contribution in [2.45, 2.75) is 37.3 Å². The number of anilines is 1. The van der Waals surface area contributed by atoms with Crippen LogP contribution in [0.15, 0.2) is 17.0 Å². The Labute approximate surface area is 130 Å². The van der Waals surface area contributed by atoms with Crippen molar-refractivity contribution in [3.05, 3.63) is 22.7 Å². The number of aliphatic hydroxyl groups is 1. The van der Waals surface area contributed by atoms with Crippen LogP contribution in [0.3, 0.4) is 0 Å². The van der Waals surface area contributed by atoms with Crippen molar-refractivity contribution in [2.24, 2.45) is 0 Å². The highest BCUT2D eigenvalue weighted by Crippen LogP contribution is 2.37. The molecule has 0 amide bonds. The molecule has 2 aliphatic rings. The van der Waals surface area contributed by atoms with Crippen molar-refractivity contribution in [2.75, 3.05) is 24.5 Å². The molecule has 1 fully saturated rings. The third-order valence-corrected chi connectivity index (χ3v) is 6.56. The first-order chi connectivity index (χ1) is 9.91. The summed E-state index contributed by atoms with van der Waals surface area (Å²) < 4.78 is 26.9. The summed E-state index contributed by atoms with van der Waals surface area (Å²) >= 11 is 6.21. The van der Waals surface area contributed by atoms with Crippen LogP contribution in [0.1, 0.15) is 25.3 Å². The molecule has 1 aromatic carbocycles. The molecule has 0 bridgehead atoms. The van der Waals surface area contributed by atoms with Crippen LogP contribution < -0.4 is 4.90 Å². The van der Waals surface area contributed by atoms with Crippen molar-refractivity contribution >= 4 is 27.3 Å². The number of benzene rings is 1. The van der Waals surface area contributed by atoms with E-state index in [-0.39, 0.29) is 9.92 Å². The molecule has 3 rings (SSSR count). The number of hydrogen-bond acceptors (Lipinski definition) is 4. The summed E-state index contributed by atoms with van der Waals surface area (Å²) in [5, 5.41) is 10.1. The van der Waals surface area contributed by atoms with Gasteiger partial charge in [-0.25, -0.2) is 8.42 Å². The molecule has 116 valence electrons. The van der Waals surface area contributed by atoms with E-state index in [2.05, 4.69) is 0 Å². The first kappa shape index (κ1) is 15.1. The van der Waals surface area contributed by atoms with E-state index in [9.17, 15) is 13.5 Å². The van der Waals surface area contributed by atoms with Crippen molar-refractivity contribution in [3.8, 4) is 0 Å². The van der Waals surface area contributed by atoms with Gasteiger partial charge in [0.25, 0.3) is 0 Å². The van der Waals surface area contributed by atoms with Gasteiger partial charge in [0.2, 0.25) is 10.0 Å². The average molecular weight is 331 g/mol. The Kier molecular flexibility index (Phi) is 3.90. The SMILES string of the molecule is CC(O)N1CCc2cc(Cl)c(S(=O)(=O)N3CCCC3)cc21. The lowest BCUT2D eigenvalue weighted by Crippen LogP contribution is -2.31. The summed E-state index contributed by atoms with van der Waals surface area (Å²) in [7, 11) is -3.55. The molecular formula is C14H19ClN2O3S. The Morgan fingerprint density at radius 1 is 1.24 bits per heavy atom. The molecule has 1 aromatic rings. The molecule has 1 atom stereocenters. The van der Waals surface area contributed by atoms with E-state index in [4.69, 9.17) is 11.6 Å². The minimum atomic E-state index is -3.55. The Balaban J connectivity index is 2.06. The maximum Gasteiger partial charge on any atom is 0.244 e. The van der Waals surface area contributed by atoms with Crippen molar-refractivity contribution in [3.63, 3.8) is 0 Å². The highest BCUT2D eigenvalue weighted by molar-refractivity contribution is 7.89. The zero-order valence-electron chi connectivity index (χ0n) is 11.9. The van der Waals surface area contributed by atoms with Crippen LogP contribution in [-0.4, -0.2) is 43.7 Å². The van der Waals surface area contributed by atoms with Crippen LogP contribution in [0, 0.1) is 0 Å². The Morgan fingerprint density at radius 2 is 1.90 bits per heavy atom. The zero-order chi connectivity index (χ0) is 15.2. The molecule has 21 heavy (non-hydrogen) atoms. The second-order valence-electron chi connectivity index (χ2n) is 5.60. The second-order valence-corrected chi connectivity index (χ2v) is 7.91. The first-order valence-electron chi connectivity index (χ1n) is 7.18. The largest absolute Gasteiger partial charge is 0.374 e. The topological polar surface area (TPSA) is 60.9 Å². The number of hydrogen-bond donors (Lipinski definition) is 1.